The Labute approximate surface area is 195 Å². The van der Waals surface area contributed by atoms with Gasteiger partial charge in [-0.25, -0.2) is 15.0 Å². The standard InChI is InChI=1S/C23H24N8O3/c1-14(15-12-25-31(3)13-15)26-22-24-9-7-18(28-22)16-5-4-6-17(27-16)19-11-20(34-29-19)23(33)8-10-30(2)21(23)32/h4-7,9,11-14,33H,8,10H2,1-3H3,(H,24,26,28)/t14-,23+/m0/s1. The molecule has 34 heavy (non-hydrogen) atoms. The summed E-state index contributed by atoms with van der Waals surface area (Å²) in [6, 6.07) is 8.76. The first kappa shape index (κ1) is 21.7. The van der Waals surface area contributed by atoms with Crippen LogP contribution in [-0.2, 0) is 17.4 Å². The van der Waals surface area contributed by atoms with Crippen molar-refractivity contribution in [3.8, 4) is 22.8 Å². The van der Waals surface area contributed by atoms with Gasteiger partial charge in [-0.2, -0.15) is 5.10 Å². The lowest BCUT2D eigenvalue weighted by atomic mass is 9.98. The molecule has 4 aromatic heterocycles. The minimum atomic E-state index is -1.70. The minimum absolute atomic E-state index is 0.0278. The summed E-state index contributed by atoms with van der Waals surface area (Å²) >= 11 is 0. The number of nitrogens with one attached hydrogen (secondary N) is 1. The summed E-state index contributed by atoms with van der Waals surface area (Å²) < 4.78 is 7.09. The summed E-state index contributed by atoms with van der Waals surface area (Å²) in [5.74, 6) is 0.177. The van der Waals surface area contributed by atoms with Crippen LogP contribution in [0.1, 0.15) is 30.7 Å². The molecule has 0 saturated carbocycles. The van der Waals surface area contributed by atoms with Crippen molar-refractivity contribution in [2.75, 3.05) is 18.9 Å². The number of aromatic nitrogens is 6. The van der Waals surface area contributed by atoms with E-state index in [1.165, 1.54) is 4.90 Å². The molecule has 11 nitrogen and oxygen atoms in total. The number of amides is 1. The molecule has 1 aliphatic rings. The number of pyridine rings is 1. The smallest absolute Gasteiger partial charge is 0.262 e. The second-order valence-electron chi connectivity index (χ2n) is 8.40. The van der Waals surface area contributed by atoms with Gasteiger partial charge in [0.05, 0.1) is 29.3 Å². The fraction of sp³-hybridized carbons (Fsp3) is 0.304. The second-order valence-corrected chi connectivity index (χ2v) is 8.40. The summed E-state index contributed by atoms with van der Waals surface area (Å²) in [5.41, 5.74) is 1.53. The van der Waals surface area contributed by atoms with Crippen molar-refractivity contribution < 1.29 is 14.4 Å². The summed E-state index contributed by atoms with van der Waals surface area (Å²) in [5, 5.41) is 22.3. The molecular weight excluding hydrogens is 436 g/mol. The Hall–Kier alpha value is -4.12. The van der Waals surface area contributed by atoms with E-state index in [-0.39, 0.29) is 18.2 Å². The van der Waals surface area contributed by atoms with Crippen LogP contribution >= 0.6 is 0 Å². The van der Waals surface area contributed by atoms with E-state index in [0.29, 0.717) is 35.3 Å². The summed E-state index contributed by atoms with van der Waals surface area (Å²) in [7, 11) is 3.51. The highest BCUT2D eigenvalue weighted by molar-refractivity contribution is 5.87. The lowest BCUT2D eigenvalue weighted by Crippen LogP contribution is -2.35. The molecule has 0 unspecified atom stereocenters. The maximum Gasteiger partial charge on any atom is 0.262 e. The third kappa shape index (κ3) is 3.90. The van der Waals surface area contributed by atoms with Crippen molar-refractivity contribution in [2.45, 2.75) is 25.0 Å². The zero-order valence-corrected chi connectivity index (χ0v) is 19.0. The number of hydrogen-bond acceptors (Lipinski definition) is 9. The molecule has 5 rings (SSSR count). The highest BCUT2D eigenvalue weighted by Gasteiger charge is 2.48. The van der Waals surface area contributed by atoms with Crippen molar-refractivity contribution in [1.82, 2.24) is 34.8 Å². The van der Waals surface area contributed by atoms with E-state index in [0.717, 1.165) is 5.56 Å². The molecule has 174 valence electrons. The van der Waals surface area contributed by atoms with Gasteiger partial charge in [-0.15, -0.1) is 0 Å². The van der Waals surface area contributed by atoms with E-state index in [1.807, 2.05) is 32.3 Å². The third-order valence-corrected chi connectivity index (χ3v) is 5.93. The number of aryl methyl sites for hydroxylation is 1. The number of carbonyl (C=O) groups is 1. The molecule has 11 heteroatoms. The molecular formula is C23H24N8O3. The largest absolute Gasteiger partial charge is 0.373 e. The van der Waals surface area contributed by atoms with Crippen molar-refractivity contribution in [1.29, 1.82) is 0 Å². The molecule has 1 aliphatic heterocycles. The van der Waals surface area contributed by atoms with Crippen LogP contribution in [0.25, 0.3) is 22.8 Å². The van der Waals surface area contributed by atoms with Gasteiger partial charge in [0.25, 0.3) is 5.91 Å². The average Bonchev–Trinajstić information content (AvgIpc) is 3.57. The van der Waals surface area contributed by atoms with Gasteiger partial charge in [0, 0.05) is 51.1 Å². The Bertz CT molecular complexity index is 1350. The van der Waals surface area contributed by atoms with E-state index in [9.17, 15) is 9.90 Å². The first-order valence-electron chi connectivity index (χ1n) is 10.8. The van der Waals surface area contributed by atoms with Crippen molar-refractivity contribution in [2.24, 2.45) is 7.05 Å². The van der Waals surface area contributed by atoms with Crippen LogP contribution in [0.5, 0.6) is 0 Å². The Kier molecular flexibility index (Phi) is 5.33. The Morgan fingerprint density at radius 2 is 1.91 bits per heavy atom. The van der Waals surface area contributed by atoms with Gasteiger partial charge in [-0.1, -0.05) is 11.2 Å². The molecule has 0 aliphatic carbocycles. The van der Waals surface area contributed by atoms with Gasteiger partial charge < -0.3 is 19.8 Å². The summed E-state index contributed by atoms with van der Waals surface area (Å²) in [4.78, 5) is 27.4. The maximum absolute atomic E-state index is 12.4. The van der Waals surface area contributed by atoms with Gasteiger partial charge in [0.1, 0.15) is 5.69 Å². The summed E-state index contributed by atoms with van der Waals surface area (Å²) in [6.07, 6.45) is 5.65. The van der Waals surface area contributed by atoms with Crippen molar-refractivity contribution in [3.05, 3.63) is 60.2 Å². The number of likely N-dealkylation sites (tertiary alicyclic amines) is 1. The third-order valence-electron chi connectivity index (χ3n) is 5.93. The van der Waals surface area contributed by atoms with Gasteiger partial charge >= 0.3 is 0 Å². The molecule has 5 heterocycles. The van der Waals surface area contributed by atoms with Crippen LogP contribution in [0.15, 0.2) is 53.4 Å². The number of carbonyl (C=O) groups excluding carboxylic acids is 1. The van der Waals surface area contributed by atoms with Gasteiger partial charge in [0.15, 0.2) is 5.76 Å². The first-order valence-corrected chi connectivity index (χ1v) is 10.8. The van der Waals surface area contributed by atoms with Crippen LogP contribution in [0, 0.1) is 0 Å². The van der Waals surface area contributed by atoms with Crippen molar-refractivity contribution >= 4 is 11.9 Å². The van der Waals surface area contributed by atoms with Crippen LogP contribution in [0.2, 0.25) is 0 Å². The quantitative estimate of drug-likeness (QED) is 0.444. The van der Waals surface area contributed by atoms with Gasteiger partial charge in [-0.3, -0.25) is 9.48 Å². The maximum atomic E-state index is 12.4. The Morgan fingerprint density at radius 1 is 1.15 bits per heavy atom. The topological polar surface area (TPSA) is 135 Å². The molecule has 2 N–H and O–H groups in total. The zero-order valence-electron chi connectivity index (χ0n) is 19.0. The average molecular weight is 460 g/mol. The highest BCUT2D eigenvalue weighted by Crippen LogP contribution is 2.34. The first-order chi connectivity index (χ1) is 16.3. The minimum Gasteiger partial charge on any atom is -0.373 e. The van der Waals surface area contributed by atoms with Gasteiger partial charge in [-0.05, 0) is 25.1 Å². The summed E-state index contributed by atoms with van der Waals surface area (Å²) in [6.45, 7) is 2.46. The van der Waals surface area contributed by atoms with E-state index in [4.69, 9.17) is 4.52 Å². The Morgan fingerprint density at radius 3 is 2.62 bits per heavy atom. The monoisotopic (exact) mass is 460 g/mol. The predicted octanol–water partition coefficient (Wildman–Crippen LogP) is 2.15. The van der Waals surface area contributed by atoms with Crippen LogP contribution in [0.3, 0.4) is 0 Å². The van der Waals surface area contributed by atoms with E-state index >= 15 is 0 Å². The van der Waals surface area contributed by atoms with Crippen LogP contribution < -0.4 is 5.32 Å². The molecule has 0 spiro atoms. The number of hydrogen-bond donors (Lipinski definition) is 2. The number of rotatable bonds is 6. The zero-order chi connectivity index (χ0) is 23.9. The highest BCUT2D eigenvalue weighted by atomic mass is 16.5. The second kappa shape index (κ2) is 8.34. The van der Waals surface area contributed by atoms with Crippen molar-refractivity contribution in [3.63, 3.8) is 0 Å². The lowest BCUT2D eigenvalue weighted by Gasteiger charge is -2.16. The molecule has 4 aromatic rings. The van der Waals surface area contributed by atoms with Crippen LogP contribution in [-0.4, -0.2) is 59.4 Å². The number of aliphatic hydroxyl groups is 1. The van der Waals surface area contributed by atoms with E-state index < -0.39 is 11.5 Å². The molecule has 0 aromatic carbocycles. The molecule has 0 radical (unpaired) electrons. The number of likely N-dealkylation sites (N-methyl/N-ethyl adjacent to an activating group) is 1. The fourth-order valence-corrected chi connectivity index (χ4v) is 3.90. The SMILES string of the molecule is C[C@H](Nc1nccc(-c2cccc(-c3cc([C@]4(O)CCN(C)C4=O)on3)n2)n1)c1cnn(C)c1. The number of nitrogens with zero attached hydrogens (tertiary/aromatic N) is 7. The van der Waals surface area contributed by atoms with E-state index in [2.05, 4.69) is 30.5 Å². The fourth-order valence-electron chi connectivity index (χ4n) is 3.90. The molecule has 2 atom stereocenters. The molecule has 1 saturated heterocycles. The Balaban J connectivity index is 1.38. The van der Waals surface area contributed by atoms with E-state index in [1.54, 1.807) is 42.3 Å². The number of anilines is 1. The molecule has 0 bridgehead atoms. The molecule has 1 fully saturated rings. The van der Waals surface area contributed by atoms with Gasteiger partial charge in [0.2, 0.25) is 11.5 Å². The lowest BCUT2D eigenvalue weighted by molar-refractivity contribution is -0.144. The predicted molar refractivity (Wildman–Crippen MR) is 122 cm³/mol. The van der Waals surface area contributed by atoms with Crippen LogP contribution in [0.4, 0.5) is 5.95 Å². The molecule has 1 amide bonds. The normalized spacial score (nSPS) is 18.9.